The van der Waals surface area contributed by atoms with E-state index in [0.717, 1.165) is 31.9 Å². The number of piperazine rings is 1. The molecule has 2 aromatic carbocycles. The van der Waals surface area contributed by atoms with Crippen molar-refractivity contribution in [1.82, 2.24) is 14.8 Å². The number of aromatic carboxylic acids is 1. The Bertz CT molecular complexity index is 1760. The predicted octanol–water partition coefficient (Wildman–Crippen LogP) is 4.18. The molecule has 46 heavy (non-hydrogen) atoms. The Morgan fingerprint density at radius 3 is 2.37 bits per heavy atom. The van der Waals surface area contributed by atoms with Crippen LogP contribution in [0.1, 0.15) is 42.6 Å². The Hall–Kier alpha value is -4.46. The van der Waals surface area contributed by atoms with Crippen LogP contribution in [0, 0.1) is 11.6 Å². The van der Waals surface area contributed by atoms with Crippen molar-refractivity contribution in [2.75, 3.05) is 67.6 Å². The number of thiocarbonyl (C=S) groups is 1. The van der Waals surface area contributed by atoms with Crippen LogP contribution in [-0.4, -0.2) is 90.7 Å². The number of nitrogens with one attached hydrogen (secondary N) is 1. The van der Waals surface area contributed by atoms with E-state index in [0.29, 0.717) is 60.4 Å². The zero-order chi connectivity index (χ0) is 32.7. The number of carboxylic acid groups (broad SMARTS) is 1. The van der Waals surface area contributed by atoms with Gasteiger partial charge in [0, 0.05) is 57.4 Å². The molecule has 0 bridgehead atoms. The van der Waals surface area contributed by atoms with Gasteiger partial charge in [0.05, 0.1) is 35.7 Å². The van der Waals surface area contributed by atoms with Crippen molar-refractivity contribution in [1.29, 1.82) is 0 Å². The van der Waals surface area contributed by atoms with Gasteiger partial charge in [-0.05, 0) is 61.8 Å². The average Bonchev–Trinajstić information content (AvgIpc) is 3.81. The van der Waals surface area contributed by atoms with Gasteiger partial charge >= 0.3 is 12.1 Å². The molecule has 3 aromatic rings. The monoisotopic (exact) mass is 654 g/mol. The Morgan fingerprint density at radius 2 is 1.74 bits per heavy atom. The quantitative estimate of drug-likeness (QED) is 0.326. The molecular weight excluding hydrogens is 618 g/mol. The molecule has 3 heterocycles. The number of hydrogen-bond acceptors (Lipinski definition) is 7. The highest BCUT2D eigenvalue weighted by Gasteiger charge is 2.34. The Labute approximate surface area is 269 Å². The molecule has 0 spiro atoms. The number of carbonyl (C=O) groups is 2. The third-order valence-corrected chi connectivity index (χ3v) is 9.16. The molecule has 11 nitrogen and oxygen atoms in total. The Balaban J connectivity index is 1.13. The van der Waals surface area contributed by atoms with E-state index >= 15 is 8.78 Å². The van der Waals surface area contributed by atoms with Gasteiger partial charge in [-0.1, -0.05) is 6.92 Å². The van der Waals surface area contributed by atoms with E-state index in [1.807, 2.05) is 28.7 Å². The van der Waals surface area contributed by atoms with Crippen LogP contribution in [0.2, 0.25) is 0 Å². The standard InChI is InChI=1S/C32H36F2N6O5S/c1-3-8-35-31(46)36(2)16-21-17-40(32(44)45-21)20-6-7-26(24(33)13-20)37-9-11-38(12-10-37)28-15-27-22(14-25(28)34)29(41)23(30(42)43)18-39(27)19-4-5-19/h6-7,13-15,18-19,21H,3-5,8-12,16-17H2,1-2H3,(H,35,46)(H,42,43)/t21-/m0/s1. The van der Waals surface area contributed by atoms with Gasteiger partial charge in [0.2, 0.25) is 5.43 Å². The van der Waals surface area contributed by atoms with Gasteiger partial charge in [0.15, 0.2) is 5.11 Å². The third kappa shape index (κ3) is 6.17. The zero-order valence-corrected chi connectivity index (χ0v) is 26.5. The molecule has 2 N–H and O–H groups in total. The zero-order valence-electron chi connectivity index (χ0n) is 25.7. The van der Waals surface area contributed by atoms with Crippen LogP contribution in [0.25, 0.3) is 10.9 Å². The van der Waals surface area contributed by atoms with Crippen LogP contribution >= 0.6 is 12.2 Å². The SMILES string of the molecule is CCCNC(=S)N(C)C[C@H]1CN(c2ccc(N3CCN(c4cc5c(cc4F)c(=O)c(C(=O)O)cn5C4CC4)CC3)c(F)c2)C(=O)O1. The number of ether oxygens (including phenoxy) is 1. The minimum absolute atomic E-state index is 0.0431. The first-order valence-corrected chi connectivity index (χ1v) is 15.8. The summed E-state index contributed by atoms with van der Waals surface area (Å²) in [6.07, 6.45) is 3.03. The third-order valence-electron chi connectivity index (χ3n) is 8.70. The topological polar surface area (TPSA) is 111 Å². The number of nitrogens with zero attached hydrogens (tertiary/aromatic N) is 5. The number of pyridine rings is 1. The fraction of sp³-hybridized carbons (Fsp3) is 0.438. The number of cyclic esters (lactones) is 1. The van der Waals surface area contributed by atoms with Crippen molar-refractivity contribution in [2.45, 2.75) is 38.3 Å². The molecular formula is C32H36F2N6O5S. The molecule has 1 aromatic heterocycles. The molecule has 6 rings (SSSR count). The molecule has 2 aliphatic heterocycles. The number of fused-ring (bicyclic) bond motifs is 1. The maximum absolute atomic E-state index is 15.5. The van der Waals surface area contributed by atoms with Gasteiger partial charge in [-0.15, -0.1) is 0 Å². The first-order valence-electron chi connectivity index (χ1n) is 15.4. The summed E-state index contributed by atoms with van der Waals surface area (Å²) >= 11 is 5.37. The second-order valence-electron chi connectivity index (χ2n) is 12.0. The predicted molar refractivity (Wildman–Crippen MR) is 175 cm³/mol. The summed E-state index contributed by atoms with van der Waals surface area (Å²) in [5.74, 6) is -2.43. The average molecular weight is 655 g/mol. The second kappa shape index (κ2) is 12.7. The number of rotatable bonds is 9. The van der Waals surface area contributed by atoms with Crippen LogP contribution in [0.5, 0.6) is 0 Å². The normalized spacial score (nSPS) is 18.2. The Morgan fingerprint density at radius 1 is 1.07 bits per heavy atom. The molecule has 1 atom stereocenters. The number of halogens is 2. The Kier molecular flexibility index (Phi) is 8.73. The maximum atomic E-state index is 15.5. The minimum Gasteiger partial charge on any atom is -0.477 e. The van der Waals surface area contributed by atoms with Gasteiger partial charge in [-0.25, -0.2) is 18.4 Å². The fourth-order valence-corrected chi connectivity index (χ4v) is 6.28. The highest BCUT2D eigenvalue weighted by molar-refractivity contribution is 7.80. The van der Waals surface area contributed by atoms with Gasteiger partial charge in [-0.2, -0.15) is 0 Å². The summed E-state index contributed by atoms with van der Waals surface area (Å²) in [4.78, 5) is 44.1. The van der Waals surface area contributed by atoms with Gasteiger partial charge in [-0.3, -0.25) is 9.69 Å². The summed E-state index contributed by atoms with van der Waals surface area (Å²) in [6, 6.07) is 7.48. The van der Waals surface area contributed by atoms with Crippen LogP contribution < -0.4 is 25.4 Å². The molecule has 3 fully saturated rings. The number of benzene rings is 2. The lowest BCUT2D eigenvalue weighted by Gasteiger charge is -2.37. The van der Waals surface area contributed by atoms with Crippen molar-refractivity contribution < 1.29 is 28.2 Å². The van der Waals surface area contributed by atoms with Crippen molar-refractivity contribution in [3.05, 3.63) is 63.9 Å². The van der Waals surface area contributed by atoms with Crippen molar-refractivity contribution >= 4 is 57.4 Å². The number of carbonyl (C=O) groups excluding carboxylic acids is 1. The first-order chi connectivity index (χ1) is 22.0. The number of likely N-dealkylation sites (N-methyl/N-ethyl adjacent to an activating group) is 1. The molecule has 1 amide bonds. The van der Waals surface area contributed by atoms with E-state index in [1.54, 1.807) is 22.8 Å². The number of amides is 1. The van der Waals surface area contributed by atoms with Crippen molar-refractivity contribution in [3.63, 3.8) is 0 Å². The molecule has 0 radical (unpaired) electrons. The van der Waals surface area contributed by atoms with Crippen LogP contribution in [0.4, 0.5) is 30.6 Å². The minimum atomic E-state index is -1.34. The fourth-order valence-electron chi connectivity index (χ4n) is 6.10. The lowest BCUT2D eigenvalue weighted by atomic mass is 10.1. The number of hydrogen-bond donors (Lipinski definition) is 2. The summed E-state index contributed by atoms with van der Waals surface area (Å²) < 4.78 is 38.1. The van der Waals surface area contributed by atoms with E-state index in [-0.39, 0.29) is 23.5 Å². The van der Waals surface area contributed by atoms with Crippen molar-refractivity contribution in [3.8, 4) is 0 Å². The van der Waals surface area contributed by atoms with Gasteiger partial charge in [0.25, 0.3) is 0 Å². The van der Waals surface area contributed by atoms with Gasteiger partial charge < -0.3 is 34.4 Å². The number of anilines is 3. The molecule has 1 saturated carbocycles. The maximum Gasteiger partial charge on any atom is 0.414 e. The largest absolute Gasteiger partial charge is 0.477 e. The summed E-state index contributed by atoms with van der Waals surface area (Å²) in [6.45, 7) is 5.07. The number of carboxylic acids is 1. The van der Waals surface area contributed by atoms with E-state index < -0.39 is 35.2 Å². The van der Waals surface area contributed by atoms with E-state index in [2.05, 4.69) is 5.32 Å². The molecule has 1 aliphatic carbocycles. The van der Waals surface area contributed by atoms with Crippen molar-refractivity contribution in [2.24, 2.45) is 0 Å². The van der Waals surface area contributed by atoms with Crippen LogP contribution in [0.15, 0.2) is 41.3 Å². The molecule has 14 heteroatoms. The first kappa shape index (κ1) is 31.5. The number of aromatic nitrogens is 1. The van der Waals surface area contributed by atoms with Crippen LogP contribution in [-0.2, 0) is 4.74 Å². The molecule has 0 unspecified atom stereocenters. The molecule has 3 aliphatic rings. The highest BCUT2D eigenvalue weighted by atomic mass is 32.1. The van der Waals surface area contributed by atoms with Gasteiger partial charge in [0.1, 0.15) is 23.3 Å². The highest BCUT2D eigenvalue weighted by Crippen LogP contribution is 2.38. The van der Waals surface area contributed by atoms with Crippen LogP contribution in [0.3, 0.4) is 0 Å². The summed E-state index contributed by atoms with van der Waals surface area (Å²) in [5, 5.41) is 13.3. The summed E-state index contributed by atoms with van der Waals surface area (Å²) in [7, 11) is 1.83. The molecule has 2 saturated heterocycles. The lowest BCUT2D eigenvalue weighted by Crippen LogP contribution is -2.47. The lowest BCUT2D eigenvalue weighted by molar-refractivity contribution is 0.0694. The molecule has 244 valence electrons. The van der Waals surface area contributed by atoms with E-state index in [1.165, 1.54) is 17.2 Å². The summed E-state index contributed by atoms with van der Waals surface area (Å²) in [5.41, 5.74) is 0.512. The van der Waals surface area contributed by atoms with E-state index in [4.69, 9.17) is 17.0 Å². The smallest absolute Gasteiger partial charge is 0.414 e. The second-order valence-corrected chi connectivity index (χ2v) is 12.4. The van der Waals surface area contributed by atoms with E-state index in [9.17, 15) is 19.5 Å².